The number of likely N-dealkylation sites (tertiary alicyclic amines) is 1. The van der Waals surface area contributed by atoms with E-state index in [0.29, 0.717) is 11.8 Å². The Morgan fingerprint density at radius 3 is 2.30 bits per heavy atom. The summed E-state index contributed by atoms with van der Waals surface area (Å²) in [7, 11) is 2.14. The van der Waals surface area contributed by atoms with Gasteiger partial charge in [-0.2, -0.15) is 4.98 Å². The molecule has 4 nitrogen and oxygen atoms in total. The van der Waals surface area contributed by atoms with Crippen LogP contribution in [0.3, 0.4) is 0 Å². The molecule has 2 heterocycles. The smallest absolute Gasteiger partial charge is 0.322 e. The van der Waals surface area contributed by atoms with Crippen molar-refractivity contribution in [2.24, 2.45) is 0 Å². The van der Waals surface area contributed by atoms with Crippen LogP contribution in [0.1, 0.15) is 42.9 Å². The second-order valence-electron chi connectivity index (χ2n) is 7.82. The number of benzene rings is 2. The van der Waals surface area contributed by atoms with E-state index in [9.17, 15) is 8.78 Å². The van der Waals surface area contributed by atoms with E-state index in [1.54, 1.807) is 18.3 Å². The highest BCUT2D eigenvalue weighted by atomic mass is 19.1. The largest absolute Gasteiger partial charge is 0.424 e. The fourth-order valence-corrected chi connectivity index (χ4v) is 4.30. The zero-order chi connectivity index (χ0) is 21.1. The van der Waals surface area contributed by atoms with Crippen LogP contribution >= 0.6 is 0 Å². The van der Waals surface area contributed by atoms with E-state index in [4.69, 9.17) is 4.74 Å². The SMILES string of the molecule is CCC1CC(c2ccc(F)cc2)C(c2ccnc(Oc3ccc(F)cc3)n2)CN1C. The van der Waals surface area contributed by atoms with Gasteiger partial charge in [0.2, 0.25) is 0 Å². The van der Waals surface area contributed by atoms with Gasteiger partial charge in [-0.25, -0.2) is 13.8 Å². The van der Waals surface area contributed by atoms with Crippen molar-refractivity contribution < 1.29 is 13.5 Å². The Hall–Kier alpha value is -2.86. The van der Waals surface area contributed by atoms with E-state index in [0.717, 1.165) is 30.6 Å². The van der Waals surface area contributed by atoms with E-state index in [2.05, 4.69) is 28.8 Å². The molecule has 0 aliphatic carbocycles. The van der Waals surface area contributed by atoms with Gasteiger partial charge in [-0.15, -0.1) is 0 Å². The molecule has 1 fully saturated rings. The summed E-state index contributed by atoms with van der Waals surface area (Å²) < 4.78 is 32.4. The van der Waals surface area contributed by atoms with Crippen LogP contribution in [-0.4, -0.2) is 34.5 Å². The molecule has 3 unspecified atom stereocenters. The molecule has 1 saturated heterocycles. The maximum absolute atomic E-state index is 13.5. The summed E-state index contributed by atoms with van der Waals surface area (Å²) >= 11 is 0. The molecule has 30 heavy (non-hydrogen) atoms. The molecule has 0 amide bonds. The highest BCUT2D eigenvalue weighted by Gasteiger charge is 2.36. The third kappa shape index (κ3) is 4.49. The Balaban J connectivity index is 1.63. The lowest BCUT2D eigenvalue weighted by Crippen LogP contribution is -2.43. The minimum atomic E-state index is -0.324. The van der Waals surface area contributed by atoms with Crippen molar-refractivity contribution in [2.45, 2.75) is 37.6 Å². The van der Waals surface area contributed by atoms with Gasteiger partial charge in [-0.1, -0.05) is 19.1 Å². The third-order valence-electron chi connectivity index (χ3n) is 5.95. The first kappa shape index (κ1) is 20.4. The third-order valence-corrected chi connectivity index (χ3v) is 5.95. The van der Waals surface area contributed by atoms with Crippen LogP contribution < -0.4 is 4.74 Å². The number of nitrogens with zero attached hydrogens (tertiary/aromatic N) is 3. The zero-order valence-corrected chi connectivity index (χ0v) is 17.1. The van der Waals surface area contributed by atoms with Crippen LogP contribution in [0.15, 0.2) is 60.8 Å². The average Bonchev–Trinajstić information content (AvgIpc) is 2.76. The molecule has 6 heteroatoms. The van der Waals surface area contributed by atoms with E-state index in [-0.39, 0.29) is 29.5 Å². The number of likely N-dealkylation sites (N-methyl/N-ethyl adjacent to an activating group) is 1. The van der Waals surface area contributed by atoms with Crippen molar-refractivity contribution in [2.75, 3.05) is 13.6 Å². The van der Waals surface area contributed by atoms with Gasteiger partial charge in [0.1, 0.15) is 17.4 Å². The first-order valence-electron chi connectivity index (χ1n) is 10.3. The number of rotatable bonds is 5. The molecular weight excluding hydrogens is 384 g/mol. The minimum Gasteiger partial charge on any atom is -0.424 e. The van der Waals surface area contributed by atoms with E-state index >= 15 is 0 Å². The predicted molar refractivity (Wildman–Crippen MR) is 112 cm³/mol. The molecule has 0 saturated carbocycles. The summed E-state index contributed by atoms with van der Waals surface area (Å²) in [5.74, 6) is 0.278. The lowest BCUT2D eigenvalue weighted by atomic mass is 9.75. The molecule has 156 valence electrons. The van der Waals surface area contributed by atoms with Crippen molar-refractivity contribution in [1.29, 1.82) is 0 Å². The fraction of sp³-hybridized carbons (Fsp3) is 0.333. The van der Waals surface area contributed by atoms with Crippen molar-refractivity contribution >= 4 is 0 Å². The van der Waals surface area contributed by atoms with Gasteiger partial charge in [-0.3, -0.25) is 0 Å². The van der Waals surface area contributed by atoms with Crippen LogP contribution in [0.2, 0.25) is 0 Å². The maximum atomic E-state index is 13.5. The second-order valence-corrected chi connectivity index (χ2v) is 7.82. The second kappa shape index (κ2) is 8.88. The Labute approximate surface area is 175 Å². The molecular formula is C24H25F2N3O. The number of hydrogen-bond acceptors (Lipinski definition) is 4. The lowest BCUT2D eigenvalue weighted by molar-refractivity contribution is 0.143. The molecule has 0 radical (unpaired) electrons. The zero-order valence-electron chi connectivity index (χ0n) is 17.1. The quantitative estimate of drug-likeness (QED) is 0.555. The van der Waals surface area contributed by atoms with Crippen molar-refractivity contribution in [3.05, 3.63) is 83.7 Å². The van der Waals surface area contributed by atoms with Crippen LogP contribution in [-0.2, 0) is 0 Å². The van der Waals surface area contributed by atoms with Crippen LogP contribution in [0.4, 0.5) is 8.78 Å². The number of hydrogen-bond donors (Lipinski definition) is 0. The number of aromatic nitrogens is 2. The molecule has 1 aliphatic rings. The molecule has 1 aliphatic heterocycles. The lowest BCUT2D eigenvalue weighted by Gasteiger charge is -2.42. The van der Waals surface area contributed by atoms with Crippen molar-refractivity contribution in [3.8, 4) is 11.8 Å². The van der Waals surface area contributed by atoms with Crippen LogP contribution in [0, 0.1) is 11.6 Å². The predicted octanol–water partition coefficient (Wildman–Crippen LogP) is 5.53. The molecule has 0 spiro atoms. The number of ether oxygens (including phenoxy) is 1. The normalized spacial score (nSPS) is 22.1. The monoisotopic (exact) mass is 409 g/mol. The van der Waals surface area contributed by atoms with Crippen LogP contribution in [0.5, 0.6) is 11.8 Å². The first-order chi connectivity index (χ1) is 14.5. The Morgan fingerprint density at radius 2 is 1.63 bits per heavy atom. The van der Waals surface area contributed by atoms with Gasteiger partial charge in [-0.05, 0) is 73.8 Å². The summed E-state index contributed by atoms with van der Waals surface area (Å²) in [4.78, 5) is 11.3. The van der Waals surface area contributed by atoms with Gasteiger partial charge >= 0.3 is 6.01 Å². The highest BCUT2D eigenvalue weighted by molar-refractivity contribution is 5.29. The van der Waals surface area contributed by atoms with Gasteiger partial charge < -0.3 is 9.64 Å². The van der Waals surface area contributed by atoms with Gasteiger partial charge in [0.25, 0.3) is 0 Å². The summed E-state index contributed by atoms with van der Waals surface area (Å²) in [5, 5.41) is 0. The molecule has 2 aromatic carbocycles. The summed E-state index contributed by atoms with van der Waals surface area (Å²) in [6.45, 7) is 3.04. The Kier molecular flexibility index (Phi) is 6.04. The van der Waals surface area contributed by atoms with Crippen LogP contribution in [0.25, 0.3) is 0 Å². The molecule has 1 aromatic heterocycles. The summed E-state index contributed by atoms with van der Waals surface area (Å²) in [6, 6.07) is 15.2. The summed E-state index contributed by atoms with van der Waals surface area (Å²) in [5.41, 5.74) is 2.01. The number of halogens is 2. The molecule has 4 rings (SSSR count). The first-order valence-corrected chi connectivity index (χ1v) is 10.3. The van der Waals surface area contributed by atoms with E-state index < -0.39 is 0 Å². The Morgan fingerprint density at radius 1 is 0.967 bits per heavy atom. The molecule has 3 aromatic rings. The van der Waals surface area contributed by atoms with Gasteiger partial charge in [0.05, 0.1) is 5.69 Å². The number of piperidine rings is 1. The molecule has 0 N–H and O–H groups in total. The summed E-state index contributed by atoms with van der Waals surface area (Å²) in [6.07, 6.45) is 3.72. The molecule has 0 bridgehead atoms. The topological polar surface area (TPSA) is 38.3 Å². The van der Waals surface area contributed by atoms with Crippen molar-refractivity contribution in [1.82, 2.24) is 14.9 Å². The Bertz CT molecular complexity index is 979. The van der Waals surface area contributed by atoms with Gasteiger partial charge in [0, 0.05) is 24.7 Å². The van der Waals surface area contributed by atoms with Crippen molar-refractivity contribution in [3.63, 3.8) is 0 Å². The average molecular weight is 409 g/mol. The fourth-order valence-electron chi connectivity index (χ4n) is 4.30. The van der Waals surface area contributed by atoms with Gasteiger partial charge in [0.15, 0.2) is 0 Å². The van der Waals surface area contributed by atoms with E-state index in [1.807, 2.05) is 18.2 Å². The minimum absolute atomic E-state index is 0.127. The maximum Gasteiger partial charge on any atom is 0.322 e. The molecule has 3 atom stereocenters. The standard InChI is InChI=1S/C24H25F2N3O/c1-3-19-14-21(16-4-6-17(25)7-5-16)22(15-29(19)2)23-12-13-27-24(28-23)30-20-10-8-18(26)9-11-20/h4-13,19,21-22H,3,14-15H2,1-2H3. The van der Waals surface area contributed by atoms with E-state index in [1.165, 1.54) is 24.3 Å². The highest BCUT2D eigenvalue weighted by Crippen LogP contribution is 2.42.